The first kappa shape index (κ1) is 28.8. The van der Waals surface area contributed by atoms with Crippen LogP contribution in [0.3, 0.4) is 0 Å². The number of carbonyl (C=O) groups excluding carboxylic acids is 2. The lowest BCUT2D eigenvalue weighted by atomic mass is 10.1. The van der Waals surface area contributed by atoms with Crippen molar-refractivity contribution in [3.05, 3.63) is 59.8 Å². The summed E-state index contributed by atoms with van der Waals surface area (Å²) in [6, 6.07) is 6.12. The summed E-state index contributed by atoms with van der Waals surface area (Å²) < 4.78 is 38.8. The van der Waals surface area contributed by atoms with Gasteiger partial charge in [-0.1, -0.05) is 12.2 Å². The molecule has 0 fully saturated rings. The van der Waals surface area contributed by atoms with Crippen molar-refractivity contribution in [2.24, 2.45) is 0 Å². The molecule has 0 saturated carbocycles. The molecule has 3 aromatic rings. The fourth-order valence-electron chi connectivity index (χ4n) is 3.76. The van der Waals surface area contributed by atoms with E-state index in [9.17, 15) is 14.4 Å². The van der Waals surface area contributed by atoms with Gasteiger partial charge in [-0.3, -0.25) is 14.4 Å². The summed E-state index contributed by atoms with van der Waals surface area (Å²) in [5.74, 6) is -0.763. The molecule has 0 aliphatic heterocycles. The molecule has 1 heterocycles. The van der Waals surface area contributed by atoms with Gasteiger partial charge in [0.1, 0.15) is 11.0 Å². The Kier molecular flexibility index (Phi) is 9.75. The smallest absolute Gasteiger partial charge is 0.311 e. The number of hydrogen-bond acceptors (Lipinski definition) is 10. The third-order valence-corrected chi connectivity index (χ3v) is 5.62. The molecule has 0 aliphatic rings. The molecule has 39 heavy (non-hydrogen) atoms. The Morgan fingerprint density at radius 2 is 1.38 bits per heavy atom. The third-order valence-electron chi connectivity index (χ3n) is 5.62. The number of hydrogen-bond donors (Lipinski definition) is 0. The molecule has 2 aromatic carbocycles. The van der Waals surface area contributed by atoms with Crippen LogP contribution < -0.4 is 33.8 Å². The SMILES string of the molecule is C=CCCC(=O)Oc1cc(-c2oc3cc(OC)c(OC)c(OC(=O)CCC=C)c3c(=O)c2OC)ccc1OC. The van der Waals surface area contributed by atoms with Crippen molar-refractivity contribution in [1.29, 1.82) is 0 Å². The number of carbonyl (C=O) groups is 2. The van der Waals surface area contributed by atoms with Crippen molar-refractivity contribution >= 4 is 22.9 Å². The lowest BCUT2D eigenvalue weighted by Crippen LogP contribution is -2.14. The van der Waals surface area contributed by atoms with E-state index >= 15 is 0 Å². The van der Waals surface area contributed by atoms with Crippen molar-refractivity contribution in [1.82, 2.24) is 0 Å². The number of esters is 2. The largest absolute Gasteiger partial charge is 0.493 e. The van der Waals surface area contributed by atoms with Crippen LogP contribution in [-0.4, -0.2) is 40.4 Å². The minimum Gasteiger partial charge on any atom is -0.493 e. The van der Waals surface area contributed by atoms with Crippen molar-refractivity contribution in [2.75, 3.05) is 28.4 Å². The van der Waals surface area contributed by atoms with Crippen LogP contribution in [0.5, 0.6) is 34.5 Å². The van der Waals surface area contributed by atoms with E-state index in [-0.39, 0.29) is 58.3 Å². The Morgan fingerprint density at radius 1 is 0.769 bits per heavy atom. The van der Waals surface area contributed by atoms with Gasteiger partial charge >= 0.3 is 11.9 Å². The fraction of sp³-hybridized carbons (Fsp3) is 0.276. The second kappa shape index (κ2) is 13.2. The van der Waals surface area contributed by atoms with Crippen molar-refractivity contribution in [2.45, 2.75) is 25.7 Å². The van der Waals surface area contributed by atoms with E-state index in [0.29, 0.717) is 24.2 Å². The van der Waals surface area contributed by atoms with Crippen LogP contribution in [0.15, 0.2) is 58.8 Å². The maximum Gasteiger partial charge on any atom is 0.311 e. The molecule has 0 spiro atoms. The Morgan fingerprint density at radius 3 is 1.95 bits per heavy atom. The van der Waals surface area contributed by atoms with Crippen molar-refractivity contribution < 1.29 is 42.4 Å². The highest BCUT2D eigenvalue weighted by Crippen LogP contribution is 2.45. The van der Waals surface area contributed by atoms with E-state index in [2.05, 4.69) is 13.2 Å². The molecule has 3 rings (SSSR count). The predicted octanol–water partition coefficient (Wildman–Crippen LogP) is 5.24. The average molecular weight is 539 g/mol. The van der Waals surface area contributed by atoms with E-state index in [1.54, 1.807) is 24.3 Å². The van der Waals surface area contributed by atoms with Crippen LogP contribution in [0.25, 0.3) is 22.3 Å². The Labute approximate surface area is 225 Å². The van der Waals surface area contributed by atoms with Gasteiger partial charge in [0.25, 0.3) is 0 Å². The first-order valence-corrected chi connectivity index (χ1v) is 11.9. The van der Waals surface area contributed by atoms with Gasteiger partial charge in [-0.05, 0) is 31.0 Å². The number of benzene rings is 2. The molecule has 0 bridgehead atoms. The van der Waals surface area contributed by atoms with Crippen molar-refractivity contribution in [3.63, 3.8) is 0 Å². The van der Waals surface area contributed by atoms with E-state index in [0.717, 1.165) is 0 Å². The summed E-state index contributed by atoms with van der Waals surface area (Å²) in [7, 11) is 5.49. The highest BCUT2D eigenvalue weighted by molar-refractivity contribution is 5.94. The fourth-order valence-corrected chi connectivity index (χ4v) is 3.76. The molecule has 0 unspecified atom stereocenters. The average Bonchev–Trinajstić information content (AvgIpc) is 2.94. The monoisotopic (exact) mass is 538 g/mol. The van der Waals surface area contributed by atoms with Crippen LogP contribution in [0.4, 0.5) is 0 Å². The molecule has 10 nitrogen and oxygen atoms in total. The summed E-state index contributed by atoms with van der Waals surface area (Å²) in [5.41, 5.74) is -0.223. The molecule has 206 valence electrons. The zero-order valence-corrected chi connectivity index (χ0v) is 22.3. The van der Waals surface area contributed by atoms with Gasteiger partial charge in [-0.2, -0.15) is 0 Å². The topological polar surface area (TPSA) is 120 Å². The summed E-state index contributed by atoms with van der Waals surface area (Å²) in [5, 5.41) is -0.0789. The number of methoxy groups -OCH3 is 4. The van der Waals surface area contributed by atoms with Gasteiger partial charge in [0.05, 0.1) is 28.4 Å². The van der Waals surface area contributed by atoms with Gasteiger partial charge in [0, 0.05) is 24.5 Å². The third kappa shape index (κ3) is 6.23. The lowest BCUT2D eigenvalue weighted by Gasteiger charge is -2.17. The van der Waals surface area contributed by atoms with Gasteiger partial charge in [0.2, 0.25) is 16.9 Å². The maximum atomic E-state index is 13.7. The quantitative estimate of drug-likeness (QED) is 0.162. The Hall–Kier alpha value is -4.73. The number of ether oxygens (including phenoxy) is 6. The summed E-state index contributed by atoms with van der Waals surface area (Å²) in [4.78, 5) is 38.5. The van der Waals surface area contributed by atoms with Gasteiger partial charge in [-0.15, -0.1) is 13.2 Å². The standard InChI is InChI=1S/C29H30O10/c1-7-9-11-22(30)37-19-15-17(13-14-18(19)33-3)26-29(36-6)25(32)24-20(38-26)16-21(34-4)27(35-5)28(24)39-23(31)12-10-8-2/h7-8,13-16H,1-2,9-12H2,3-6H3. The van der Waals surface area contributed by atoms with Crippen LogP contribution in [-0.2, 0) is 9.59 Å². The van der Waals surface area contributed by atoms with E-state index in [1.165, 1.54) is 40.6 Å². The Balaban J connectivity index is 2.25. The first-order chi connectivity index (χ1) is 18.8. The second-order valence-electron chi connectivity index (χ2n) is 8.08. The first-order valence-electron chi connectivity index (χ1n) is 11.9. The molecule has 0 atom stereocenters. The number of fused-ring (bicyclic) bond motifs is 1. The molecule has 0 amide bonds. The highest BCUT2D eigenvalue weighted by Gasteiger charge is 2.27. The van der Waals surface area contributed by atoms with E-state index in [4.69, 9.17) is 32.8 Å². The summed E-state index contributed by atoms with van der Waals surface area (Å²) >= 11 is 0. The number of rotatable bonds is 13. The number of allylic oxidation sites excluding steroid dienone is 2. The normalized spacial score (nSPS) is 10.5. The Bertz CT molecular complexity index is 1450. The summed E-state index contributed by atoms with van der Waals surface area (Å²) in [6.07, 6.45) is 4.17. The van der Waals surface area contributed by atoms with Gasteiger partial charge < -0.3 is 32.8 Å². The van der Waals surface area contributed by atoms with E-state index < -0.39 is 17.4 Å². The molecular formula is C29H30O10. The molecule has 1 aromatic heterocycles. The highest BCUT2D eigenvalue weighted by atomic mass is 16.6. The van der Waals surface area contributed by atoms with E-state index in [1.807, 2.05) is 0 Å². The molecule has 10 heteroatoms. The van der Waals surface area contributed by atoms with Crippen LogP contribution >= 0.6 is 0 Å². The van der Waals surface area contributed by atoms with Crippen LogP contribution in [0, 0.1) is 0 Å². The molecular weight excluding hydrogens is 508 g/mol. The van der Waals surface area contributed by atoms with Gasteiger partial charge in [-0.25, -0.2) is 0 Å². The lowest BCUT2D eigenvalue weighted by molar-refractivity contribution is -0.135. The minimum atomic E-state index is -0.624. The van der Waals surface area contributed by atoms with Crippen molar-refractivity contribution in [3.8, 4) is 45.8 Å². The zero-order valence-electron chi connectivity index (χ0n) is 22.3. The zero-order chi connectivity index (χ0) is 28.5. The van der Waals surface area contributed by atoms with Gasteiger partial charge in [0.15, 0.2) is 28.8 Å². The molecule has 0 N–H and O–H groups in total. The molecule has 0 radical (unpaired) electrons. The predicted molar refractivity (Wildman–Crippen MR) is 144 cm³/mol. The van der Waals surface area contributed by atoms with Crippen LogP contribution in [0.2, 0.25) is 0 Å². The second-order valence-corrected chi connectivity index (χ2v) is 8.08. The molecule has 0 aliphatic carbocycles. The minimum absolute atomic E-state index is 0.0338. The molecule has 0 saturated heterocycles. The maximum absolute atomic E-state index is 13.7. The summed E-state index contributed by atoms with van der Waals surface area (Å²) in [6.45, 7) is 7.20. The van der Waals surface area contributed by atoms with Crippen LogP contribution in [0.1, 0.15) is 25.7 Å².